The molecule has 0 aliphatic carbocycles. The Labute approximate surface area is 123 Å². The van der Waals surface area contributed by atoms with Gasteiger partial charge in [-0.3, -0.25) is 0 Å². The van der Waals surface area contributed by atoms with Crippen LogP contribution in [0.3, 0.4) is 0 Å². The van der Waals surface area contributed by atoms with E-state index in [9.17, 15) is 4.39 Å². The molecular formula is C16H17ClFNO. The van der Waals surface area contributed by atoms with Crippen molar-refractivity contribution in [2.45, 2.75) is 12.5 Å². The van der Waals surface area contributed by atoms with Crippen molar-refractivity contribution in [3.8, 4) is 5.75 Å². The van der Waals surface area contributed by atoms with E-state index >= 15 is 0 Å². The molecule has 0 saturated carbocycles. The molecule has 0 radical (unpaired) electrons. The van der Waals surface area contributed by atoms with Crippen molar-refractivity contribution in [3.05, 3.63) is 64.4 Å². The van der Waals surface area contributed by atoms with Gasteiger partial charge in [-0.1, -0.05) is 35.9 Å². The molecule has 106 valence electrons. The average Bonchev–Trinajstić information content (AvgIpc) is 2.47. The van der Waals surface area contributed by atoms with Crippen LogP contribution in [0.5, 0.6) is 5.75 Å². The summed E-state index contributed by atoms with van der Waals surface area (Å²) in [5.74, 6) is -0.0535. The van der Waals surface area contributed by atoms with Crippen molar-refractivity contribution in [3.63, 3.8) is 0 Å². The van der Waals surface area contributed by atoms with Gasteiger partial charge in [0.25, 0.3) is 0 Å². The zero-order valence-corrected chi connectivity index (χ0v) is 12.2. The van der Waals surface area contributed by atoms with Gasteiger partial charge in [-0.2, -0.15) is 0 Å². The second-order valence-electron chi connectivity index (χ2n) is 4.54. The summed E-state index contributed by atoms with van der Waals surface area (Å²) in [4.78, 5) is 0. The van der Waals surface area contributed by atoms with Crippen LogP contribution >= 0.6 is 11.6 Å². The fourth-order valence-electron chi connectivity index (χ4n) is 2.18. The summed E-state index contributed by atoms with van der Waals surface area (Å²) in [6, 6.07) is 12.6. The molecule has 0 bridgehead atoms. The van der Waals surface area contributed by atoms with Gasteiger partial charge >= 0.3 is 0 Å². The molecule has 0 aliphatic heterocycles. The van der Waals surface area contributed by atoms with E-state index in [1.165, 1.54) is 7.11 Å². The van der Waals surface area contributed by atoms with Crippen LogP contribution in [0.15, 0.2) is 42.5 Å². The summed E-state index contributed by atoms with van der Waals surface area (Å²) in [6.45, 7) is 0. The van der Waals surface area contributed by atoms with Crippen molar-refractivity contribution >= 4 is 11.6 Å². The molecule has 1 unspecified atom stereocenters. The van der Waals surface area contributed by atoms with Crippen LogP contribution in [0.1, 0.15) is 17.2 Å². The summed E-state index contributed by atoms with van der Waals surface area (Å²) >= 11 is 5.87. The van der Waals surface area contributed by atoms with Crippen LogP contribution in [-0.2, 0) is 6.42 Å². The summed E-state index contributed by atoms with van der Waals surface area (Å²) in [5, 5.41) is 3.84. The van der Waals surface area contributed by atoms with E-state index in [1.54, 1.807) is 18.2 Å². The van der Waals surface area contributed by atoms with Crippen LogP contribution in [0, 0.1) is 5.82 Å². The summed E-state index contributed by atoms with van der Waals surface area (Å²) in [5.41, 5.74) is 1.69. The lowest BCUT2D eigenvalue weighted by atomic mass is 9.98. The quantitative estimate of drug-likeness (QED) is 0.900. The summed E-state index contributed by atoms with van der Waals surface area (Å²) in [6.07, 6.45) is 0.678. The van der Waals surface area contributed by atoms with E-state index in [0.717, 1.165) is 5.56 Å². The van der Waals surface area contributed by atoms with Gasteiger partial charge in [0.15, 0.2) is 11.6 Å². The third-order valence-electron chi connectivity index (χ3n) is 3.29. The average molecular weight is 294 g/mol. The molecule has 2 aromatic carbocycles. The third-order valence-corrected chi connectivity index (χ3v) is 3.54. The first kappa shape index (κ1) is 14.8. The lowest BCUT2D eigenvalue weighted by molar-refractivity contribution is 0.380. The zero-order chi connectivity index (χ0) is 14.5. The number of benzene rings is 2. The van der Waals surface area contributed by atoms with Crippen LogP contribution in [0.25, 0.3) is 0 Å². The smallest absolute Gasteiger partial charge is 0.169 e. The topological polar surface area (TPSA) is 21.3 Å². The largest absolute Gasteiger partial charge is 0.494 e. The van der Waals surface area contributed by atoms with Gasteiger partial charge in [-0.15, -0.1) is 0 Å². The van der Waals surface area contributed by atoms with Crippen LogP contribution in [-0.4, -0.2) is 14.2 Å². The second-order valence-corrected chi connectivity index (χ2v) is 4.97. The molecule has 20 heavy (non-hydrogen) atoms. The van der Waals surface area contributed by atoms with Gasteiger partial charge < -0.3 is 10.1 Å². The number of methoxy groups -OCH3 is 1. The van der Waals surface area contributed by atoms with Gasteiger partial charge in [0.2, 0.25) is 0 Å². The highest BCUT2D eigenvalue weighted by Crippen LogP contribution is 2.27. The third kappa shape index (κ3) is 3.30. The maximum absolute atomic E-state index is 14.3. The Kier molecular flexibility index (Phi) is 4.99. The lowest BCUT2D eigenvalue weighted by Gasteiger charge is -2.18. The van der Waals surface area contributed by atoms with Gasteiger partial charge in [0.1, 0.15) is 0 Å². The highest BCUT2D eigenvalue weighted by molar-refractivity contribution is 6.30. The minimum atomic E-state index is -0.316. The molecule has 0 amide bonds. The first-order chi connectivity index (χ1) is 9.65. The maximum atomic E-state index is 14.3. The highest BCUT2D eigenvalue weighted by atomic mass is 35.5. The Hall–Kier alpha value is -1.58. The van der Waals surface area contributed by atoms with Gasteiger partial charge in [0.05, 0.1) is 7.11 Å². The van der Waals surface area contributed by atoms with E-state index in [2.05, 4.69) is 5.32 Å². The molecule has 0 heterocycles. The Bertz CT molecular complexity index is 571. The molecule has 0 fully saturated rings. The van der Waals surface area contributed by atoms with Crippen molar-refractivity contribution in [1.82, 2.24) is 5.32 Å². The molecule has 2 aromatic rings. The zero-order valence-electron chi connectivity index (χ0n) is 11.5. The number of halogens is 2. The molecule has 2 rings (SSSR count). The predicted molar refractivity (Wildman–Crippen MR) is 79.9 cm³/mol. The first-order valence-corrected chi connectivity index (χ1v) is 6.77. The van der Waals surface area contributed by atoms with Crippen LogP contribution in [0.4, 0.5) is 4.39 Å². The monoisotopic (exact) mass is 293 g/mol. The molecule has 0 aliphatic rings. The Balaban J connectivity index is 2.26. The standard InChI is InChI=1S/C16H17ClFNO/c1-19-14(10-11-6-8-12(17)9-7-11)13-4-3-5-15(20-2)16(13)18/h3-9,14,19H,10H2,1-2H3. The Morgan fingerprint density at radius 1 is 1.20 bits per heavy atom. The van der Waals surface area contributed by atoms with E-state index in [1.807, 2.05) is 31.3 Å². The number of hydrogen-bond donors (Lipinski definition) is 1. The number of rotatable bonds is 5. The summed E-state index contributed by atoms with van der Waals surface area (Å²) < 4.78 is 19.3. The number of nitrogens with one attached hydrogen (secondary N) is 1. The van der Waals surface area contributed by atoms with E-state index < -0.39 is 0 Å². The van der Waals surface area contributed by atoms with Crippen LogP contribution < -0.4 is 10.1 Å². The van der Waals surface area contributed by atoms with Crippen molar-refractivity contribution in [2.75, 3.05) is 14.2 Å². The fraction of sp³-hybridized carbons (Fsp3) is 0.250. The van der Waals surface area contributed by atoms with E-state index in [-0.39, 0.29) is 17.6 Å². The van der Waals surface area contributed by atoms with Crippen molar-refractivity contribution < 1.29 is 9.13 Å². The fourth-order valence-corrected chi connectivity index (χ4v) is 2.30. The normalized spacial score (nSPS) is 12.2. The Morgan fingerprint density at radius 2 is 1.90 bits per heavy atom. The Morgan fingerprint density at radius 3 is 2.50 bits per heavy atom. The highest BCUT2D eigenvalue weighted by Gasteiger charge is 2.17. The van der Waals surface area contributed by atoms with E-state index in [0.29, 0.717) is 17.0 Å². The summed E-state index contributed by atoms with van der Waals surface area (Å²) in [7, 11) is 3.29. The maximum Gasteiger partial charge on any atom is 0.169 e. The molecule has 0 spiro atoms. The SMILES string of the molecule is CNC(Cc1ccc(Cl)cc1)c1cccc(OC)c1F. The van der Waals surface area contributed by atoms with E-state index in [4.69, 9.17) is 16.3 Å². The molecule has 1 N–H and O–H groups in total. The minimum absolute atomic E-state index is 0.119. The molecule has 1 atom stereocenters. The predicted octanol–water partition coefficient (Wildman–Crippen LogP) is 3.99. The van der Waals surface area contributed by atoms with Crippen molar-refractivity contribution in [1.29, 1.82) is 0 Å². The first-order valence-electron chi connectivity index (χ1n) is 6.39. The molecule has 2 nitrogen and oxygen atoms in total. The van der Waals surface area contributed by atoms with Gasteiger partial charge in [0, 0.05) is 16.6 Å². The molecule has 4 heteroatoms. The van der Waals surface area contributed by atoms with Gasteiger partial charge in [-0.05, 0) is 37.2 Å². The molecule has 0 saturated heterocycles. The number of ether oxygens (including phenoxy) is 1. The number of hydrogen-bond acceptors (Lipinski definition) is 2. The van der Waals surface area contributed by atoms with Crippen LogP contribution in [0.2, 0.25) is 5.02 Å². The number of likely N-dealkylation sites (N-methyl/N-ethyl adjacent to an activating group) is 1. The lowest BCUT2D eigenvalue weighted by Crippen LogP contribution is -2.20. The van der Waals surface area contributed by atoms with Crippen molar-refractivity contribution in [2.24, 2.45) is 0 Å². The van der Waals surface area contributed by atoms with Gasteiger partial charge in [-0.25, -0.2) is 4.39 Å². The molecular weight excluding hydrogens is 277 g/mol. The minimum Gasteiger partial charge on any atom is -0.494 e. The molecule has 0 aromatic heterocycles. The second kappa shape index (κ2) is 6.73.